The molecule has 88 valence electrons. The fraction of sp³-hybridized carbons (Fsp3) is 0.533. The second kappa shape index (κ2) is 5.83. The maximum Gasteiger partial charge on any atom is 0.135 e. The van der Waals surface area contributed by atoms with Crippen LogP contribution in [0.25, 0.3) is 0 Å². The van der Waals surface area contributed by atoms with Crippen molar-refractivity contribution in [3.8, 4) is 0 Å². The van der Waals surface area contributed by atoms with Crippen LogP contribution in [0.4, 0.5) is 0 Å². The van der Waals surface area contributed by atoms with Crippen molar-refractivity contribution < 1.29 is 4.79 Å². The standard InChI is InChI=1S/C15H22O/c1-11(2)15(16)7-5-6-14-10-12(3)8-9-13(14)4/h8-11H,5-7H2,1-4H3. The molecule has 0 fully saturated rings. The van der Waals surface area contributed by atoms with Crippen LogP contribution in [0.2, 0.25) is 0 Å². The summed E-state index contributed by atoms with van der Waals surface area (Å²) in [7, 11) is 0. The van der Waals surface area contributed by atoms with Gasteiger partial charge in [0, 0.05) is 12.3 Å². The molecule has 0 aliphatic carbocycles. The average molecular weight is 218 g/mol. The van der Waals surface area contributed by atoms with Gasteiger partial charge in [-0.15, -0.1) is 0 Å². The normalized spacial score (nSPS) is 10.8. The van der Waals surface area contributed by atoms with Gasteiger partial charge in [0.25, 0.3) is 0 Å². The molecule has 0 N–H and O–H groups in total. The van der Waals surface area contributed by atoms with Crippen molar-refractivity contribution in [2.75, 3.05) is 0 Å². The number of aryl methyl sites for hydroxylation is 3. The summed E-state index contributed by atoms with van der Waals surface area (Å²) in [6.07, 6.45) is 2.71. The molecule has 0 spiro atoms. The number of hydrogen-bond donors (Lipinski definition) is 0. The van der Waals surface area contributed by atoms with Crippen molar-refractivity contribution in [3.63, 3.8) is 0 Å². The molecule has 0 aromatic heterocycles. The third-order valence-corrected chi connectivity index (χ3v) is 3.02. The zero-order valence-electron chi connectivity index (χ0n) is 10.8. The minimum atomic E-state index is 0.179. The molecule has 0 radical (unpaired) electrons. The van der Waals surface area contributed by atoms with Gasteiger partial charge in [-0.3, -0.25) is 4.79 Å². The van der Waals surface area contributed by atoms with E-state index in [2.05, 4.69) is 32.0 Å². The molecule has 0 bridgehead atoms. The fourth-order valence-electron chi connectivity index (χ4n) is 1.81. The van der Waals surface area contributed by atoms with Crippen molar-refractivity contribution >= 4 is 5.78 Å². The van der Waals surface area contributed by atoms with E-state index in [1.807, 2.05) is 13.8 Å². The fourth-order valence-corrected chi connectivity index (χ4v) is 1.81. The van der Waals surface area contributed by atoms with Gasteiger partial charge in [0.15, 0.2) is 0 Å². The van der Waals surface area contributed by atoms with Crippen LogP contribution >= 0.6 is 0 Å². The highest BCUT2D eigenvalue weighted by molar-refractivity contribution is 5.80. The minimum absolute atomic E-state index is 0.179. The highest BCUT2D eigenvalue weighted by Crippen LogP contribution is 2.14. The summed E-state index contributed by atoms with van der Waals surface area (Å²) in [6, 6.07) is 6.53. The highest BCUT2D eigenvalue weighted by Gasteiger charge is 2.07. The largest absolute Gasteiger partial charge is 0.299 e. The van der Waals surface area contributed by atoms with E-state index in [1.165, 1.54) is 16.7 Å². The topological polar surface area (TPSA) is 17.1 Å². The Kier molecular flexibility index (Phi) is 4.72. The van der Waals surface area contributed by atoms with Crippen LogP contribution in [-0.4, -0.2) is 5.78 Å². The first-order valence-corrected chi connectivity index (χ1v) is 6.09. The number of Topliss-reactive ketones (excluding diaryl/α,β-unsaturated/α-hetero) is 1. The van der Waals surface area contributed by atoms with Crippen molar-refractivity contribution in [2.45, 2.75) is 47.0 Å². The van der Waals surface area contributed by atoms with E-state index in [-0.39, 0.29) is 5.92 Å². The lowest BCUT2D eigenvalue weighted by Crippen LogP contribution is -2.07. The van der Waals surface area contributed by atoms with Crippen LogP contribution in [-0.2, 0) is 11.2 Å². The van der Waals surface area contributed by atoms with Crippen LogP contribution in [0, 0.1) is 19.8 Å². The summed E-state index contributed by atoms with van der Waals surface area (Å²) < 4.78 is 0. The van der Waals surface area contributed by atoms with E-state index >= 15 is 0 Å². The molecule has 0 saturated carbocycles. The Hall–Kier alpha value is -1.11. The van der Waals surface area contributed by atoms with Gasteiger partial charge in [-0.2, -0.15) is 0 Å². The summed E-state index contributed by atoms with van der Waals surface area (Å²) in [5.74, 6) is 0.559. The van der Waals surface area contributed by atoms with Gasteiger partial charge in [-0.1, -0.05) is 37.6 Å². The van der Waals surface area contributed by atoms with E-state index in [0.29, 0.717) is 12.2 Å². The monoisotopic (exact) mass is 218 g/mol. The van der Waals surface area contributed by atoms with E-state index in [0.717, 1.165) is 12.8 Å². The van der Waals surface area contributed by atoms with Crippen molar-refractivity contribution in [1.82, 2.24) is 0 Å². The zero-order valence-corrected chi connectivity index (χ0v) is 10.8. The molecule has 0 saturated heterocycles. The van der Waals surface area contributed by atoms with Crippen LogP contribution < -0.4 is 0 Å². The van der Waals surface area contributed by atoms with Crippen molar-refractivity contribution in [2.24, 2.45) is 5.92 Å². The maximum atomic E-state index is 11.5. The second-order valence-electron chi connectivity index (χ2n) is 4.90. The zero-order chi connectivity index (χ0) is 12.1. The van der Waals surface area contributed by atoms with Crippen LogP contribution in [0.15, 0.2) is 18.2 Å². The molecule has 1 rings (SSSR count). The first kappa shape index (κ1) is 13.0. The molecule has 0 aliphatic heterocycles. The van der Waals surface area contributed by atoms with Gasteiger partial charge < -0.3 is 0 Å². The SMILES string of the molecule is Cc1ccc(C)c(CCCC(=O)C(C)C)c1. The van der Waals surface area contributed by atoms with Crippen LogP contribution in [0.1, 0.15) is 43.4 Å². The lowest BCUT2D eigenvalue weighted by atomic mass is 9.97. The quantitative estimate of drug-likeness (QED) is 0.733. The van der Waals surface area contributed by atoms with E-state index < -0.39 is 0 Å². The Labute approximate surface area is 98.9 Å². The van der Waals surface area contributed by atoms with Gasteiger partial charge >= 0.3 is 0 Å². The first-order valence-electron chi connectivity index (χ1n) is 6.09. The van der Waals surface area contributed by atoms with Crippen molar-refractivity contribution in [1.29, 1.82) is 0 Å². The van der Waals surface area contributed by atoms with Gasteiger partial charge in [-0.25, -0.2) is 0 Å². The molecule has 1 aromatic rings. The third-order valence-electron chi connectivity index (χ3n) is 3.02. The van der Waals surface area contributed by atoms with E-state index in [9.17, 15) is 4.79 Å². The van der Waals surface area contributed by atoms with Gasteiger partial charge in [0.2, 0.25) is 0 Å². The molecule has 1 nitrogen and oxygen atoms in total. The summed E-state index contributed by atoms with van der Waals surface area (Å²) in [6.45, 7) is 8.20. The number of hydrogen-bond acceptors (Lipinski definition) is 1. The van der Waals surface area contributed by atoms with E-state index in [4.69, 9.17) is 0 Å². The van der Waals surface area contributed by atoms with E-state index in [1.54, 1.807) is 0 Å². The molecule has 16 heavy (non-hydrogen) atoms. The van der Waals surface area contributed by atoms with Gasteiger partial charge in [0.1, 0.15) is 5.78 Å². The average Bonchev–Trinajstić information content (AvgIpc) is 2.22. The predicted octanol–water partition coefficient (Wildman–Crippen LogP) is 3.85. The Morgan fingerprint density at radius 2 is 1.94 bits per heavy atom. The van der Waals surface area contributed by atoms with Gasteiger partial charge in [-0.05, 0) is 37.8 Å². The smallest absolute Gasteiger partial charge is 0.135 e. The number of carbonyl (C=O) groups is 1. The lowest BCUT2D eigenvalue weighted by molar-refractivity contribution is -0.121. The third kappa shape index (κ3) is 3.80. The Morgan fingerprint density at radius 3 is 2.56 bits per heavy atom. The molecule has 0 heterocycles. The minimum Gasteiger partial charge on any atom is -0.299 e. The highest BCUT2D eigenvalue weighted by atomic mass is 16.1. The molecule has 0 aliphatic rings. The summed E-state index contributed by atoms with van der Waals surface area (Å²) in [5.41, 5.74) is 4.02. The second-order valence-corrected chi connectivity index (χ2v) is 4.90. The maximum absolute atomic E-state index is 11.5. The Bertz CT molecular complexity index is 364. The molecular formula is C15H22O. The summed E-state index contributed by atoms with van der Waals surface area (Å²) in [5, 5.41) is 0. The first-order chi connectivity index (χ1) is 7.50. The molecule has 0 atom stereocenters. The van der Waals surface area contributed by atoms with Gasteiger partial charge in [0.05, 0.1) is 0 Å². The summed E-state index contributed by atoms with van der Waals surface area (Å²) in [4.78, 5) is 11.5. The Morgan fingerprint density at radius 1 is 1.25 bits per heavy atom. The molecule has 1 aromatic carbocycles. The number of carbonyl (C=O) groups excluding carboxylic acids is 1. The Balaban J connectivity index is 2.49. The molecule has 1 heteroatoms. The van der Waals surface area contributed by atoms with Crippen LogP contribution in [0.5, 0.6) is 0 Å². The predicted molar refractivity (Wildman–Crippen MR) is 68.7 cm³/mol. The van der Waals surface area contributed by atoms with Crippen molar-refractivity contribution in [3.05, 3.63) is 34.9 Å². The summed E-state index contributed by atoms with van der Waals surface area (Å²) >= 11 is 0. The number of ketones is 1. The molecule has 0 amide bonds. The number of benzene rings is 1. The molecular weight excluding hydrogens is 196 g/mol. The molecule has 0 unspecified atom stereocenters. The number of rotatable bonds is 5. The van der Waals surface area contributed by atoms with Crippen LogP contribution in [0.3, 0.4) is 0 Å². The lowest BCUT2D eigenvalue weighted by Gasteiger charge is -2.07.